The van der Waals surface area contributed by atoms with Crippen LogP contribution in [0.3, 0.4) is 0 Å². The first kappa shape index (κ1) is 20.3. The Hall–Kier alpha value is -4.02. The summed E-state index contributed by atoms with van der Waals surface area (Å²) in [5, 5.41) is 13.0. The lowest BCUT2D eigenvalue weighted by atomic mass is 10.2. The van der Waals surface area contributed by atoms with Gasteiger partial charge in [-0.25, -0.2) is 4.98 Å². The van der Waals surface area contributed by atoms with E-state index >= 15 is 0 Å². The zero-order valence-electron chi connectivity index (χ0n) is 16.7. The molecule has 8 heteroatoms. The number of hydrogen-bond donors (Lipinski definition) is 1. The van der Waals surface area contributed by atoms with Crippen LogP contribution in [-0.4, -0.2) is 24.2 Å². The molecule has 3 aromatic carbocycles. The highest BCUT2D eigenvalue weighted by atomic mass is 35.5. The van der Waals surface area contributed by atoms with Crippen LogP contribution in [0.15, 0.2) is 60.7 Å². The summed E-state index contributed by atoms with van der Waals surface area (Å²) in [6.07, 6.45) is 0. The van der Waals surface area contributed by atoms with Crippen LogP contribution in [0.25, 0.3) is 10.9 Å². The third kappa shape index (κ3) is 4.44. The number of fused-ring (bicyclic) bond motifs is 1. The fourth-order valence-corrected chi connectivity index (χ4v) is 3.21. The van der Waals surface area contributed by atoms with Gasteiger partial charge in [0.05, 0.1) is 31.4 Å². The Morgan fingerprint density at radius 3 is 2.35 bits per heavy atom. The molecule has 0 radical (unpaired) electrons. The van der Waals surface area contributed by atoms with Gasteiger partial charge in [-0.2, -0.15) is 10.2 Å². The Kier molecular flexibility index (Phi) is 5.74. The maximum absolute atomic E-state index is 8.92. The van der Waals surface area contributed by atoms with Gasteiger partial charge in [-0.05, 0) is 54.1 Å². The molecule has 0 unspecified atom stereocenters. The number of aromatic nitrogens is 2. The molecular formula is C23H17ClN4O3. The molecule has 0 bridgehead atoms. The van der Waals surface area contributed by atoms with Crippen molar-refractivity contribution in [2.24, 2.45) is 0 Å². The highest BCUT2D eigenvalue weighted by Crippen LogP contribution is 2.36. The van der Waals surface area contributed by atoms with Crippen LogP contribution < -0.4 is 19.5 Å². The second kappa shape index (κ2) is 8.78. The summed E-state index contributed by atoms with van der Waals surface area (Å²) < 4.78 is 16.6. The SMILES string of the molecule is COc1cc2nc(Cl)nc(Nc3cccc(Oc4ccc(C#N)cc4)c3)c2cc1OC. The largest absolute Gasteiger partial charge is 0.493 e. The van der Waals surface area contributed by atoms with Crippen molar-refractivity contribution in [2.75, 3.05) is 19.5 Å². The van der Waals surface area contributed by atoms with E-state index in [1.165, 1.54) is 0 Å². The fraction of sp³-hybridized carbons (Fsp3) is 0.0870. The van der Waals surface area contributed by atoms with Crippen LogP contribution in [-0.2, 0) is 0 Å². The summed E-state index contributed by atoms with van der Waals surface area (Å²) in [5.74, 6) is 2.88. The van der Waals surface area contributed by atoms with E-state index in [-0.39, 0.29) is 5.28 Å². The zero-order chi connectivity index (χ0) is 21.8. The van der Waals surface area contributed by atoms with Gasteiger partial charge < -0.3 is 19.5 Å². The number of nitrogens with zero attached hydrogens (tertiary/aromatic N) is 3. The van der Waals surface area contributed by atoms with Crippen LogP contribution in [0.5, 0.6) is 23.0 Å². The number of rotatable bonds is 6. The van der Waals surface area contributed by atoms with Crippen molar-refractivity contribution < 1.29 is 14.2 Å². The molecule has 0 saturated carbocycles. The number of hydrogen-bond acceptors (Lipinski definition) is 7. The third-order valence-electron chi connectivity index (χ3n) is 4.49. The van der Waals surface area contributed by atoms with E-state index < -0.39 is 0 Å². The van der Waals surface area contributed by atoms with Crippen molar-refractivity contribution in [3.63, 3.8) is 0 Å². The minimum Gasteiger partial charge on any atom is -0.493 e. The van der Waals surface area contributed by atoms with Crippen molar-refractivity contribution in [1.82, 2.24) is 9.97 Å². The van der Waals surface area contributed by atoms with E-state index in [9.17, 15) is 0 Å². The lowest BCUT2D eigenvalue weighted by Crippen LogP contribution is -1.99. The molecular weight excluding hydrogens is 416 g/mol. The summed E-state index contributed by atoms with van der Waals surface area (Å²) in [5.41, 5.74) is 1.93. The van der Waals surface area contributed by atoms with Crippen LogP contribution in [0.4, 0.5) is 11.5 Å². The standard InChI is InChI=1S/C23H17ClN4O3/c1-29-20-11-18-19(12-21(20)30-2)27-23(24)28-22(18)26-15-4-3-5-17(10-15)31-16-8-6-14(13-25)7-9-16/h3-12H,1-2H3,(H,26,27,28). The second-order valence-electron chi connectivity index (χ2n) is 6.46. The molecule has 0 aliphatic carbocycles. The van der Waals surface area contributed by atoms with Crippen LogP contribution in [0.1, 0.15) is 5.56 Å². The minimum absolute atomic E-state index is 0.104. The Morgan fingerprint density at radius 2 is 1.65 bits per heavy atom. The van der Waals surface area contributed by atoms with Crippen molar-refractivity contribution in [3.8, 4) is 29.1 Å². The Morgan fingerprint density at radius 1 is 0.903 bits per heavy atom. The molecule has 0 aliphatic heterocycles. The van der Waals surface area contributed by atoms with Crippen molar-refractivity contribution in [1.29, 1.82) is 5.26 Å². The van der Waals surface area contributed by atoms with Crippen molar-refractivity contribution in [2.45, 2.75) is 0 Å². The quantitative estimate of drug-likeness (QED) is 0.390. The molecule has 0 amide bonds. The van der Waals surface area contributed by atoms with E-state index in [1.807, 2.05) is 24.3 Å². The van der Waals surface area contributed by atoms with E-state index in [0.29, 0.717) is 39.9 Å². The number of ether oxygens (including phenoxy) is 3. The van der Waals surface area contributed by atoms with Gasteiger partial charge in [0.25, 0.3) is 0 Å². The number of benzene rings is 3. The Labute approximate surface area is 183 Å². The molecule has 31 heavy (non-hydrogen) atoms. The molecule has 4 rings (SSSR count). The highest BCUT2D eigenvalue weighted by molar-refractivity contribution is 6.28. The normalized spacial score (nSPS) is 10.4. The van der Waals surface area contributed by atoms with Gasteiger partial charge in [-0.15, -0.1) is 0 Å². The van der Waals surface area contributed by atoms with E-state index in [4.69, 9.17) is 31.1 Å². The molecule has 1 heterocycles. The first-order valence-electron chi connectivity index (χ1n) is 9.24. The van der Waals surface area contributed by atoms with Gasteiger partial charge in [0.15, 0.2) is 11.5 Å². The number of halogens is 1. The van der Waals surface area contributed by atoms with Gasteiger partial charge in [-0.3, -0.25) is 0 Å². The van der Waals surface area contributed by atoms with Gasteiger partial charge in [0, 0.05) is 23.2 Å². The monoisotopic (exact) mass is 432 g/mol. The molecule has 154 valence electrons. The van der Waals surface area contributed by atoms with Gasteiger partial charge in [0.1, 0.15) is 17.3 Å². The van der Waals surface area contributed by atoms with Crippen LogP contribution in [0.2, 0.25) is 5.28 Å². The molecule has 1 aromatic heterocycles. The Balaban J connectivity index is 1.66. The summed E-state index contributed by atoms with van der Waals surface area (Å²) in [6, 6.07) is 19.9. The van der Waals surface area contributed by atoms with Crippen LogP contribution in [0, 0.1) is 11.3 Å². The number of nitriles is 1. The average molecular weight is 433 g/mol. The van der Waals surface area contributed by atoms with E-state index in [1.54, 1.807) is 50.6 Å². The van der Waals surface area contributed by atoms with E-state index in [0.717, 1.165) is 11.1 Å². The first-order chi connectivity index (χ1) is 15.1. The molecule has 0 spiro atoms. The fourth-order valence-electron chi connectivity index (χ4n) is 3.03. The van der Waals surface area contributed by atoms with Crippen LogP contribution >= 0.6 is 11.6 Å². The highest BCUT2D eigenvalue weighted by Gasteiger charge is 2.13. The predicted octanol–water partition coefficient (Wildman–Crippen LogP) is 5.71. The maximum Gasteiger partial charge on any atom is 0.224 e. The molecule has 4 aromatic rings. The number of anilines is 2. The second-order valence-corrected chi connectivity index (χ2v) is 6.79. The van der Waals surface area contributed by atoms with E-state index in [2.05, 4.69) is 21.4 Å². The van der Waals surface area contributed by atoms with Crippen molar-refractivity contribution >= 4 is 34.0 Å². The lowest BCUT2D eigenvalue weighted by molar-refractivity contribution is 0.356. The van der Waals surface area contributed by atoms with Gasteiger partial charge in [0.2, 0.25) is 5.28 Å². The lowest BCUT2D eigenvalue weighted by Gasteiger charge is -2.13. The molecule has 0 atom stereocenters. The number of nitrogens with one attached hydrogen (secondary N) is 1. The minimum atomic E-state index is 0.104. The van der Waals surface area contributed by atoms with Crippen molar-refractivity contribution in [3.05, 3.63) is 71.5 Å². The smallest absolute Gasteiger partial charge is 0.224 e. The topological polar surface area (TPSA) is 89.3 Å². The van der Waals surface area contributed by atoms with Gasteiger partial charge in [-0.1, -0.05) is 6.07 Å². The maximum atomic E-state index is 8.92. The summed E-state index contributed by atoms with van der Waals surface area (Å²) in [4.78, 5) is 8.62. The third-order valence-corrected chi connectivity index (χ3v) is 4.66. The molecule has 0 saturated heterocycles. The average Bonchev–Trinajstić information content (AvgIpc) is 2.79. The molecule has 1 N–H and O–H groups in total. The Bertz CT molecular complexity index is 1290. The molecule has 7 nitrogen and oxygen atoms in total. The summed E-state index contributed by atoms with van der Waals surface area (Å²) >= 11 is 6.14. The zero-order valence-corrected chi connectivity index (χ0v) is 17.5. The summed E-state index contributed by atoms with van der Waals surface area (Å²) in [7, 11) is 3.13. The molecule has 0 fully saturated rings. The first-order valence-corrected chi connectivity index (χ1v) is 9.62. The summed E-state index contributed by atoms with van der Waals surface area (Å²) in [6.45, 7) is 0. The van der Waals surface area contributed by atoms with Gasteiger partial charge >= 0.3 is 0 Å². The predicted molar refractivity (Wildman–Crippen MR) is 119 cm³/mol. The number of methoxy groups -OCH3 is 2. The molecule has 0 aliphatic rings.